The van der Waals surface area contributed by atoms with Crippen molar-refractivity contribution in [3.8, 4) is 0 Å². The molecule has 0 aromatic carbocycles. The van der Waals surface area contributed by atoms with E-state index in [1.807, 2.05) is 0 Å². The number of hydrogen-bond acceptors (Lipinski definition) is 3. The van der Waals surface area contributed by atoms with Crippen LogP contribution < -0.4 is 5.56 Å². The van der Waals surface area contributed by atoms with Crippen LogP contribution in [0.15, 0.2) is 23.3 Å². The Hall–Kier alpha value is -1.11. The standard InChI is InChI=1S/C12H18ClN3O2Si/c1-19(2,3)7-6-18-9-15-4-5-16-11(17)8-10(13)14-12(15)16/h4-5,8H,6-7,9H2,1-3H3. The van der Waals surface area contributed by atoms with Crippen molar-refractivity contribution in [2.45, 2.75) is 32.4 Å². The summed E-state index contributed by atoms with van der Waals surface area (Å²) in [6, 6.07) is 2.41. The third-order valence-corrected chi connectivity index (χ3v) is 4.68. The minimum atomic E-state index is -1.08. The minimum absolute atomic E-state index is 0.184. The topological polar surface area (TPSA) is 48.5 Å². The van der Waals surface area contributed by atoms with Gasteiger partial charge < -0.3 is 4.74 Å². The second-order valence-electron chi connectivity index (χ2n) is 5.70. The van der Waals surface area contributed by atoms with E-state index in [-0.39, 0.29) is 10.7 Å². The van der Waals surface area contributed by atoms with Crippen LogP contribution in [0, 0.1) is 0 Å². The highest BCUT2D eigenvalue weighted by atomic mass is 35.5. The van der Waals surface area contributed by atoms with Crippen LogP contribution in [0.25, 0.3) is 5.78 Å². The van der Waals surface area contributed by atoms with E-state index in [0.29, 0.717) is 12.5 Å². The molecule has 2 aromatic rings. The maximum absolute atomic E-state index is 11.7. The van der Waals surface area contributed by atoms with Gasteiger partial charge in [0.15, 0.2) is 0 Å². The third kappa shape index (κ3) is 3.68. The van der Waals surface area contributed by atoms with Crippen LogP contribution in [0.5, 0.6) is 0 Å². The summed E-state index contributed by atoms with van der Waals surface area (Å²) in [6.07, 6.45) is 3.44. The zero-order chi connectivity index (χ0) is 14.0. The largest absolute Gasteiger partial charge is 0.361 e. The van der Waals surface area contributed by atoms with Crippen LogP contribution in [0.1, 0.15) is 0 Å². The molecule has 2 heterocycles. The number of imidazole rings is 1. The summed E-state index contributed by atoms with van der Waals surface area (Å²) in [5, 5.41) is 0.201. The quantitative estimate of drug-likeness (QED) is 0.484. The van der Waals surface area contributed by atoms with Crippen molar-refractivity contribution in [2.24, 2.45) is 0 Å². The average Bonchev–Trinajstić information content (AvgIpc) is 2.66. The molecular formula is C12H18ClN3O2Si. The molecule has 7 heteroatoms. The summed E-state index contributed by atoms with van der Waals surface area (Å²) in [5.74, 6) is 0.505. The first-order valence-corrected chi connectivity index (χ1v) is 10.3. The van der Waals surface area contributed by atoms with Crippen molar-refractivity contribution in [1.82, 2.24) is 14.0 Å². The van der Waals surface area contributed by atoms with Crippen molar-refractivity contribution in [2.75, 3.05) is 6.61 Å². The second kappa shape index (κ2) is 5.48. The van der Waals surface area contributed by atoms with Crippen LogP contribution in [0.3, 0.4) is 0 Å². The molecular weight excluding hydrogens is 282 g/mol. The van der Waals surface area contributed by atoms with E-state index in [0.717, 1.165) is 12.7 Å². The smallest absolute Gasteiger partial charge is 0.260 e. The van der Waals surface area contributed by atoms with E-state index >= 15 is 0 Å². The lowest BCUT2D eigenvalue weighted by Crippen LogP contribution is -2.22. The summed E-state index contributed by atoms with van der Waals surface area (Å²) in [5.41, 5.74) is -0.184. The molecule has 5 nitrogen and oxygen atoms in total. The summed E-state index contributed by atoms with van der Waals surface area (Å²) in [7, 11) is -1.08. The first-order valence-electron chi connectivity index (χ1n) is 6.19. The van der Waals surface area contributed by atoms with Crippen molar-refractivity contribution >= 4 is 25.5 Å². The fourth-order valence-electron chi connectivity index (χ4n) is 1.65. The van der Waals surface area contributed by atoms with Crippen LogP contribution >= 0.6 is 11.6 Å². The molecule has 0 aliphatic heterocycles. The summed E-state index contributed by atoms with van der Waals surface area (Å²) < 4.78 is 8.87. The SMILES string of the molecule is C[Si](C)(C)CCOCn1ccn2c(=O)cc(Cl)nc12. The predicted octanol–water partition coefficient (Wildman–Crippen LogP) is 2.46. The normalized spacial score (nSPS) is 12.2. The van der Waals surface area contributed by atoms with Crippen LogP contribution in [0.4, 0.5) is 0 Å². The molecule has 0 saturated carbocycles. The van der Waals surface area contributed by atoms with E-state index in [4.69, 9.17) is 16.3 Å². The molecule has 0 fully saturated rings. The van der Waals surface area contributed by atoms with Gasteiger partial charge in [0.2, 0.25) is 5.78 Å². The van der Waals surface area contributed by atoms with Gasteiger partial charge in [-0.15, -0.1) is 0 Å². The Labute approximate surface area is 117 Å². The van der Waals surface area contributed by atoms with Crippen molar-refractivity contribution in [1.29, 1.82) is 0 Å². The van der Waals surface area contributed by atoms with Crippen molar-refractivity contribution in [3.63, 3.8) is 0 Å². The van der Waals surface area contributed by atoms with Gasteiger partial charge in [0.1, 0.15) is 11.9 Å². The molecule has 2 rings (SSSR count). The van der Waals surface area contributed by atoms with Gasteiger partial charge in [-0.05, 0) is 6.04 Å². The number of rotatable bonds is 5. The molecule has 0 radical (unpaired) electrons. The lowest BCUT2D eigenvalue weighted by atomic mass is 10.6. The van der Waals surface area contributed by atoms with Crippen LogP contribution in [-0.4, -0.2) is 28.6 Å². The minimum Gasteiger partial charge on any atom is -0.361 e. The third-order valence-electron chi connectivity index (χ3n) is 2.78. The number of halogens is 1. The van der Waals surface area contributed by atoms with E-state index < -0.39 is 8.07 Å². The fraction of sp³-hybridized carbons (Fsp3) is 0.500. The van der Waals surface area contributed by atoms with E-state index in [2.05, 4.69) is 24.6 Å². The highest BCUT2D eigenvalue weighted by Gasteiger charge is 2.12. The van der Waals surface area contributed by atoms with Gasteiger partial charge in [-0.1, -0.05) is 31.2 Å². The zero-order valence-corrected chi connectivity index (χ0v) is 13.1. The molecule has 0 bridgehead atoms. The van der Waals surface area contributed by atoms with Gasteiger partial charge >= 0.3 is 0 Å². The van der Waals surface area contributed by atoms with E-state index in [1.165, 1.54) is 10.5 Å². The molecule has 0 aliphatic carbocycles. The Morgan fingerprint density at radius 3 is 2.79 bits per heavy atom. The molecule has 0 unspecified atom stereocenters. The van der Waals surface area contributed by atoms with Crippen LogP contribution in [0.2, 0.25) is 30.8 Å². The molecule has 2 aromatic heterocycles. The monoisotopic (exact) mass is 299 g/mol. The second-order valence-corrected chi connectivity index (χ2v) is 11.7. The number of hydrogen-bond donors (Lipinski definition) is 0. The van der Waals surface area contributed by atoms with Crippen molar-refractivity contribution in [3.05, 3.63) is 34.0 Å². The molecule has 19 heavy (non-hydrogen) atoms. The van der Waals surface area contributed by atoms with Gasteiger partial charge in [-0.3, -0.25) is 13.8 Å². The maximum atomic E-state index is 11.7. The van der Waals surface area contributed by atoms with E-state index in [1.54, 1.807) is 17.0 Å². The Bertz CT molecular complexity index is 630. The van der Waals surface area contributed by atoms with Gasteiger partial charge in [0.25, 0.3) is 5.56 Å². The van der Waals surface area contributed by atoms with Crippen molar-refractivity contribution < 1.29 is 4.74 Å². The Morgan fingerprint density at radius 2 is 2.11 bits per heavy atom. The predicted molar refractivity (Wildman–Crippen MR) is 78.6 cm³/mol. The Balaban J connectivity index is 2.08. The van der Waals surface area contributed by atoms with Gasteiger partial charge in [-0.2, -0.15) is 0 Å². The van der Waals surface area contributed by atoms with Gasteiger partial charge in [-0.25, -0.2) is 4.98 Å². The van der Waals surface area contributed by atoms with Gasteiger partial charge in [0, 0.05) is 33.1 Å². The first-order chi connectivity index (χ1) is 8.87. The van der Waals surface area contributed by atoms with Crippen LogP contribution in [-0.2, 0) is 11.5 Å². The highest BCUT2D eigenvalue weighted by molar-refractivity contribution is 6.76. The number of aromatic nitrogens is 3. The molecule has 0 atom stereocenters. The zero-order valence-electron chi connectivity index (χ0n) is 11.4. The number of fused-ring (bicyclic) bond motifs is 1. The highest BCUT2D eigenvalue weighted by Crippen LogP contribution is 2.09. The lowest BCUT2D eigenvalue weighted by molar-refractivity contribution is 0.0895. The summed E-state index contributed by atoms with van der Waals surface area (Å²) in [6.45, 7) is 8.03. The average molecular weight is 300 g/mol. The first kappa shape index (κ1) is 14.3. The fourth-order valence-corrected chi connectivity index (χ4v) is 2.58. The lowest BCUT2D eigenvalue weighted by Gasteiger charge is -2.15. The molecule has 0 aliphatic rings. The molecule has 0 saturated heterocycles. The number of ether oxygens (including phenoxy) is 1. The summed E-state index contributed by atoms with van der Waals surface area (Å²) in [4.78, 5) is 15.8. The Kier molecular flexibility index (Phi) is 4.12. The molecule has 0 N–H and O–H groups in total. The Morgan fingerprint density at radius 1 is 1.37 bits per heavy atom. The number of nitrogens with zero attached hydrogens (tertiary/aromatic N) is 3. The molecule has 104 valence electrons. The summed E-state index contributed by atoms with van der Waals surface area (Å²) >= 11 is 5.80. The molecule has 0 spiro atoms. The molecule has 0 amide bonds. The van der Waals surface area contributed by atoms with E-state index in [9.17, 15) is 4.79 Å². The van der Waals surface area contributed by atoms with Gasteiger partial charge in [0.05, 0.1) is 0 Å². The maximum Gasteiger partial charge on any atom is 0.260 e.